The van der Waals surface area contributed by atoms with Crippen LogP contribution in [-0.4, -0.2) is 61.9 Å². The van der Waals surface area contributed by atoms with E-state index in [0.29, 0.717) is 14.5 Å². The lowest BCUT2D eigenvalue weighted by Crippen LogP contribution is -2.39. The Labute approximate surface area is 178 Å². The van der Waals surface area contributed by atoms with Crippen LogP contribution in [0.25, 0.3) is 10.8 Å². The molecule has 156 valence electrons. The number of carbonyl (C=O) groups excluding carboxylic acids is 1. The van der Waals surface area contributed by atoms with E-state index in [2.05, 4.69) is 16.8 Å². The van der Waals surface area contributed by atoms with Crippen LogP contribution in [0.4, 0.5) is 0 Å². The fourth-order valence-corrected chi connectivity index (χ4v) is 5.80. The number of piperidine rings is 1. The number of amides is 1. The maximum absolute atomic E-state index is 13.0. The Morgan fingerprint density at radius 1 is 1.23 bits per heavy atom. The number of aromatic nitrogens is 3. The Balaban J connectivity index is 1.38. The first kappa shape index (κ1) is 19.6. The fourth-order valence-electron chi connectivity index (χ4n) is 4.52. The summed E-state index contributed by atoms with van der Waals surface area (Å²) >= 11 is 0. The number of aliphatic imine (C=N–C) groups is 1. The number of carbonyl (C=O) groups is 1. The summed E-state index contributed by atoms with van der Waals surface area (Å²) in [6.45, 7) is 9.49. The van der Waals surface area contributed by atoms with Crippen molar-refractivity contribution in [2.75, 3.05) is 19.6 Å². The van der Waals surface area contributed by atoms with Crippen molar-refractivity contribution in [2.24, 2.45) is 10.9 Å². The van der Waals surface area contributed by atoms with E-state index in [1.165, 1.54) is 0 Å². The van der Waals surface area contributed by atoms with E-state index in [-0.39, 0.29) is 11.7 Å². The minimum atomic E-state index is -0.0113. The van der Waals surface area contributed by atoms with Crippen LogP contribution in [0.3, 0.4) is 0 Å². The van der Waals surface area contributed by atoms with Crippen molar-refractivity contribution in [3.05, 3.63) is 47.3 Å². The molecule has 0 N–H and O–H groups in total. The largest absolute Gasteiger partial charge is 0.304 e. The molecule has 2 aromatic rings. The van der Waals surface area contributed by atoms with Gasteiger partial charge in [-0.05, 0) is 52.4 Å². The molecule has 3 aliphatic rings. The molecule has 5 rings (SSSR count). The summed E-state index contributed by atoms with van der Waals surface area (Å²) in [6.07, 6.45) is 9.87. The first-order chi connectivity index (χ1) is 14.5. The van der Waals surface area contributed by atoms with Gasteiger partial charge in [0.25, 0.3) is 5.91 Å². The van der Waals surface area contributed by atoms with Gasteiger partial charge in [-0.2, -0.15) is 5.10 Å². The van der Waals surface area contributed by atoms with Gasteiger partial charge in [0.2, 0.25) is 0 Å². The van der Waals surface area contributed by atoms with Crippen molar-refractivity contribution in [3.8, 4) is 0 Å². The van der Waals surface area contributed by atoms with Crippen molar-refractivity contribution in [2.45, 2.75) is 39.4 Å². The summed E-state index contributed by atoms with van der Waals surface area (Å²) in [5.74, 6) is 0.456. The molecular formula is C22H27N6OP. The highest BCUT2D eigenvalue weighted by molar-refractivity contribution is 7.52. The topological polar surface area (TPSA) is 66.1 Å². The third kappa shape index (κ3) is 3.50. The van der Waals surface area contributed by atoms with E-state index in [1.54, 1.807) is 6.08 Å². The molecule has 1 fully saturated rings. The molecule has 3 aliphatic heterocycles. The lowest BCUT2D eigenvalue weighted by atomic mass is 9.93. The van der Waals surface area contributed by atoms with Crippen molar-refractivity contribution in [1.29, 1.82) is 0 Å². The minimum Gasteiger partial charge on any atom is -0.304 e. The monoisotopic (exact) mass is 422 g/mol. The van der Waals surface area contributed by atoms with Crippen LogP contribution in [0.15, 0.2) is 35.2 Å². The van der Waals surface area contributed by atoms with Crippen LogP contribution in [0, 0.1) is 19.8 Å². The van der Waals surface area contributed by atoms with Crippen LogP contribution < -0.4 is 0 Å². The van der Waals surface area contributed by atoms with Gasteiger partial charge in [-0.15, -0.1) is 0 Å². The summed E-state index contributed by atoms with van der Waals surface area (Å²) in [5, 5.41) is 5.70. The molecule has 30 heavy (non-hydrogen) atoms. The van der Waals surface area contributed by atoms with Crippen LogP contribution >= 0.6 is 8.58 Å². The lowest BCUT2D eigenvalue weighted by molar-refractivity contribution is -0.123. The normalized spacial score (nSPS) is 23.8. The number of likely N-dealkylation sites (tertiary alicyclic amines) is 1. The molecule has 0 spiro atoms. The van der Waals surface area contributed by atoms with Gasteiger partial charge >= 0.3 is 0 Å². The number of rotatable bonds is 3. The molecule has 1 saturated heterocycles. The summed E-state index contributed by atoms with van der Waals surface area (Å²) < 4.78 is 1.87. The summed E-state index contributed by atoms with van der Waals surface area (Å²) in [4.78, 5) is 26.6. The maximum Gasteiger partial charge on any atom is 0.252 e. The van der Waals surface area contributed by atoms with E-state index in [1.807, 2.05) is 47.9 Å². The molecule has 0 saturated carbocycles. The molecule has 5 heterocycles. The van der Waals surface area contributed by atoms with Gasteiger partial charge in [-0.25, -0.2) is 4.52 Å². The number of fused-ring (bicyclic) bond motifs is 2. The smallest absolute Gasteiger partial charge is 0.252 e. The van der Waals surface area contributed by atoms with Gasteiger partial charge in [0.05, 0.1) is 40.3 Å². The van der Waals surface area contributed by atoms with Crippen LogP contribution in [-0.2, 0) is 4.79 Å². The number of hydrogen-bond donors (Lipinski definition) is 0. The lowest BCUT2D eigenvalue weighted by Gasteiger charge is -2.36. The molecule has 2 atom stereocenters. The maximum atomic E-state index is 13.0. The fraction of sp³-hybridized carbons (Fsp3) is 0.455. The second-order valence-corrected chi connectivity index (χ2v) is 9.68. The predicted octanol–water partition coefficient (Wildman–Crippen LogP) is 3.19. The first-order valence-corrected chi connectivity index (χ1v) is 11.7. The van der Waals surface area contributed by atoms with Gasteiger partial charge in [-0.1, -0.05) is 15.5 Å². The minimum absolute atomic E-state index is 0.0113. The standard InChI is InChI=1S/C22H27N6OP/c1-4-26-7-5-16(6-8-26)18-13-27-21(29)10-20(30-22(27)11-23-18)17-9-19-15(3)24-14(2)12-28(19)25-17/h9-13,16,22,30H,4-8H2,1-3H3. The van der Waals surface area contributed by atoms with Crippen molar-refractivity contribution in [1.82, 2.24) is 24.4 Å². The Hall–Kier alpha value is -2.37. The highest BCUT2D eigenvalue weighted by Crippen LogP contribution is 2.43. The average molecular weight is 422 g/mol. The van der Waals surface area contributed by atoms with Gasteiger partial charge in [-0.3, -0.25) is 14.8 Å². The Morgan fingerprint density at radius 3 is 2.80 bits per heavy atom. The summed E-state index contributed by atoms with van der Waals surface area (Å²) in [5.41, 5.74) is 4.77. The van der Waals surface area contributed by atoms with Crippen LogP contribution in [0.2, 0.25) is 0 Å². The van der Waals surface area contributed by atoms with Gasteiger partial charge in [0, 0.05) is 29.7 Å². The molecule has 0 bridgehead atoms. The molecular weight excluding hydrogens is 395 g/mol. The van der Waals surface area contributed by atoms with Crippen molar-refractivity contribution in [3.63, 3.8) is 0 Å². The number of hydrogen-bond acceptors (Lipinski definition) is 5. The van der Waals surface area contributed by atoms with E-state index in [0.717, 1.165) is 66.1 Å². The third-order valence-electron chi connectivity index (χ3n) is 6.25. The van der Waals surface area contributed by atoms with Crippen LogP contribution in [0.5, 0.6) is 0 Å². The average Bonchev–Trinajstić information content (AvgIpc) is 3.18. The Morgan fingerprint density at radius 2 is 2.03 bits per heavy atom. The van der Waals surface area contributed by atoms with Crippen molar-refractivity contribution >= 4 is 31.5 Å². The van der Waals surface area contributed by atoms with Gasteiger partial charge in [0.1, 0.15) is 0 Å². The Kier molecular flexibility index (Phi) is 5.03. The van der Waals surface area contributed by atoms with E-state index < -0.39 is 0 Å². The number of allylic oxidation sites excluding steroid dienone is 1. The van der Waals surface area contributed by atoms with E-state index in [4.69, 9.17) is 10.1 Å². The second kappa shape index (κ2) is 7.71. The van der Waals surface area contributed by atoms with Gasteiger partial charge in [0.15, 0.2) is 0 Å². The second-order valence-electron chi connectivity index (χ2n) is 8.26. The van der Waals surface area contributed by atoms with E-state index >= 15 is 0 Å². The third-order valence-corrected chi connectivity index (χ3v) is 7.68. The van der Waals surface area contributed by atoms with Crippen molar-refractivity contribution < 1.29 is 4.79 Å². The quantitative estimate of drug-likeness (QED) is 0.713. The predicted molar refractivity (Wildman–Crippen MR) is 121 cm³/mol. The number of nitrogens with zero attached hydrogens (tertiary/aromatic N) is 6. The summed E-state index contributed by atoms with van der Waals surface area (Å²) in [7, 11) is 0.427. The Bertz CT molecular complexity index is 1090. The van der Waals surface area contributed by atoms with Gasteiger partial charge < -0.3 is 9.80 Å². The molecule has 0 aliphatic carbocycles. The zero-order chi connectivity index (χ0) is 20.8. The molecule has 2 unspecified atom stereocenters. The SMILES string of the molecule is CCN1CCC(C2=CN3C(=O)C=C(c4cc5c(C)nc(C)cn5n4)PC3C=N2)CC1. The number of aryl methyl sites for hydroxylation is 2. The molecule has 0 aromatic carbocycles. The van der Waals surface area contributed by atoms with E-state index in [9.17, 15) is 4.79 Å². The zero-order valence-corrected chi connectivity index (χ0v) is 18.7. The molecule has 0 radical (unpaired) electrons. The molecule has 2 aromatic heterocycles. The summed E-state index contributed by atoms with van der Waals surface area (Å²) in [6, 6.07) is 2.03. The molecule has 7 nitrogen and oxygen atoms in total. The molecule has 8 heteroatoms. The molecule has 1 amide bonds. The first-order valence-electron chi connectivity index (χ1n) is 10.6. The highest BCUT2D eigenvalue weighted by Gasteiger charge is 2.32. The highest BCUT2D eigenvalue weighted by atomic mass is 31.1. The van der Waals surface area contributed by atoms with Crippen LogP contribution in [0.1, 0.15) is 36.8 Å². The zero-order valence-electron chi connectivity index (χ0n) is 17.7.